The predicted molar refractivity (Wildman–Crippen MR) is 87.3 cm³/mol. The van der Waals surface area contributed by atoms with E-state index in [1.807, 2.05) is 0 Å². The molecule has 4 nitrogen and oxygen atoms in total. The van der Waals surface area contributed by atoms with Gasteiger partial charge in [-0.1, -0.05) is 18.2 Å². The molecule has 130 valence electrons. The van der Waals surface area contributed by atoms with Gasteiger partial charge in [0.15, 0.2) is 0 Å². The van der Waals surface area contributed by atoms with Gasteiger partial charge >= 0.3 is 6.61 Å². The number of rotatable bonds is 3. The Kier molecular flexibility index (Phi) is 3.96. The van der Waals surface area contributed by atoms with Gasteiger partial charge < -0.3 is 14.2 Å². The summed E-state index contributed by atoms with van der Waals surface area (Å²) >= 11 is 3.14. The molecule has 0 bridgehead atoms. The van der Waals surface area contributed by atoms with Crippen LogP contribution in [0, 0.1) is 5.82 Å². The highest BCUT2D eigenvalue weighted by molar-refractivity contribution is 9.10. The topological polar surface area (TPSA) is 46.8 Å². The summed E-state index contributed by atoms with van der Waals surface area (Å²) in [6.07, 6.45) is 0.957. The van der Waals surface area contributed by atoms with Crippen molar-refractivity contribution in [1.29, 1.82) is 0 Å². The number of pyridine rings is 1. The highest BCUT2D eigenvalue weighted by Gasteiger charge is 2.37. The number of aliphatic hydroxyl groups excluding tert-OH is 1. The van der Waals surface area contributed by atoms with Crippen molar-refractivity contribution >= 4 is 21.6 Å². The molecule has 2 atom stereocenters. The van der Waals surface area contributed by atoms with Crippen LogP contribution in [0.2, 0.25) is 0 Å². The summed E-state index contributed by atoms with van der Waals surface area (Å²) in [7, 11) is 0. The first-order valence-electron chi connectivity index (χ1n) is 7.54. The lowest BCUT2D eigenvalue weighted by atomic mass is 9.95. The summed E-state index contributed by atoms with van der Waals surface area (Å²) in [5.74, 6) is -0.811. The molecule has 0 aliphatic heterocycles. The molecule has 0 amide bonds. The molecule has 0 saturated heterocycles. The molecule has 0 saturated carbocycles. The largest absolute Gasteiger partial charge is 0.435 e. The SMILES string of the molecule is O[C@H]1C[C@H](c2ccccc2OC(F)F)c2c1nc1cc(F)c(Br)cn21. The van der Waals surface area contributed by atoms with E-state index in [-0.39, 0.29) is 10.2 Å². The lowest BCUT2D eigenvalue weighted by molar-refractivity contribution is -0.0505. The van der Waals surface area contributed by atoms with Crippen LogP contribution >= 0.6 is 15.9 Å². The monoisotopic (exact) mass is 412 g/mol. The van der Waals surface area contributed by atoms with E-state index in [1.165, 1.54) is 18.3 Å². The second-order valence-electron chi connectivity index (χ2n) is 5.80. The number of hydrogen-bond acceptors (Lipinski definition) is 3. The zero-order valence-electron chi connectivity index (χ0n) is 12.7. The van der Waals surface area contributed by atoms with E-state index in [1.54, 1.807) is 22.6 Å². The standard InChI is InChI=1S/C17H12BrF3N2O2/c18-10-7-23-14(6-11(10)19)22-15-12(24)5-9(16(15)23)8-3-1-2-4-13(8)25-17(20)21/h1-4,6-7,9,12,17,24H,5H2/t9-,12+/m1/s1. The Bertz CT molecular complexity index is 960. The van der Waals surface area contributed by atoms with Gasteiger partial charge in [0, 0.05) is 23.7 Å². The maximum atomic E-state index is 13.8. The number of alkyl halides is 2. The van der Waals surface area contributed by atoms with Crippen molar-refractivity contribution in [3.8, 4) is 5.75 Å². The third kappa shape index (κ3) is 2.69. The van der Waals surface area contributed by atoms with Crippen molar-refractivity contribution in [2.75, 3.05) is 0 Å². The molecule has 0 radical (unpaired) electrons. The quantitative estimate of drug-likeness (QED) is 0.693. The fourth-order valence-electron chi connectivity index (χ4n) is 3.36. The van der Waals surface area contributed by atoms with Crippen LogP contribution in [0.25, 0.3) is 5.65 Å². The first kappa shape index (κ1) is 16.4. The van der Waals surface area contributed by atoms with Gasteiger partial charge in [0.05, 0.1) is 22.0 Å². The average Bonchev–Trinajstić information content (AvgIpc) is 3.06. The van der Waals surface area contributed by atoms with Crippen molar-refractivity contribution in [2.45, 2.75) is 25.1 Å². The minimum Gasteiger partial charge on any atom is -0.435 e. The highest BCUT2D eigenvalue weighted by atomic mass is 79.9. The molecule has 3 aromatic rings. The zero-order chi connectivity index (χ0) is 17.7. The minimum atomic E-state index is -2.95. The van der Waals surface area contributed by atoms with E-state index in [0.717, 1.165) is 0 Å². The summed E-state index contributed by atoms with van der Waals surface area (Å²) in [6.45, 7) is -2.95. The second-order valence-corrected chi connectivity index (χ2v) is 6.65. The molecule has 8 heteroatoms. The van der Waals surface area contributed by atoms with Crippen LogP contribution in [0.5, 0.6) is 5.75 Å². The Hall–Kier alpha value is -2.06. The van der Waals surface area contributed by atoms with Crippen LogP contribution in [0.3, 0.4) is 0 Å². The van der Waals surface area contributed by atoms with Crippen LogP contribution in [-0.4, -0.2) is 21.1 Å². The van der Waals surface area contributed by atoms with Crippen LogP contribution in [0.4, 0.5) is 13.2 Å². The number of imidazole rings is 1. The van der Waals surface area contributed by atoms with E-state index in [0.29, 0.717) is 29.0 Å². The summed E-state index contributed by atoms with van der Waals surface area (Å²) in [4.78, 5) is 4.31. The molecule has 0 unspecified atom stereocenters. The van der Waals surface area contributed by atoms with Crippen molar-refractivity contribution in [3.05, 3.63) is 63.8 Å². The van der Waals surface area contributed by atoms with Crippen molar-refractivity contribution in [2.24, 2.45) is 0 Å². The Morgan fingerprint density at radius 1 is 1.32 bits per heavy atom. The van der Waals surface area contributed by atoms with Gasteiger partial charge in [-0.25, -0.2) is 9.37 Å². The van der Waals surface area contributed by atoms with Crippen LogP contribution in [0.1, 0.15) is 35.4 Å². The molecule has 2 heterocycles. The Morgan fingerprint density at radius 3 is 2.84 bits per heavy atom. The number of nitrogens with zero attached hydrogens (tertiary/aromatic N) is 2. The number of aliphatic hydroxyl groups is 1. The lowest BCUT2D eigenvalue weighted by Gasteiger charge is -2.17. The fraction of sp³-hybridized carbons (Fsp3) is 0.235. The first-order valence-corrected chi connectivity index (χ1v) is 8.33. The molecule has 1 N–H and O–H groups in total. The first-order chi connectivity index (χ1) is 12.0. The summed E-state index contributed by atoms with van der Waals surface area (Å²) in [5.41, 5.74) is 1.95. The lowest BCUT2D eigenvalue weighted by Crippen LogP contribution is -2.08. The zero-order valence-corrected chi connectivity index (χ0v) is 14.3. The number of benzene rings is 1. The molecular weight excluding hydrogens is 401 g/mol. The normalized spacial score (nSPS) is 19.6. The van der Waals surface area contributed by atoms with Crippen LogP contribution in [0.15, 0.2) is 41.0 Å². The number of aromatic nitrogens is 2. The Balaban J connectivity index is 1.90. The maximum Gasteiger partial charge on any atom is 0.387 e. The molecular formula is C17H12BrF3N2O2. The number of ether oxygens (including phenoxy) is 1. The second kappa shape index (κ2) is 6.03. The van der Waals surface area contributed by atoms with Gasteiger partial charge in [0.2, 0.25) is 0 Å². The third-order valence-corrected chi connectivity index (χ3v) is 4.93. The highest BCUT2D eigenvalue weighted by Crippen LogP contribution is 2.46. The fourth-order valence-corrected chi connectivity index (χ4v) is 3.68. The van der Waals surface area contributed by atoms with E-state index < -0.39 is 24.5 Å². The predicted octanol–water partition coefficient (Wildman–Crippen LogP) is 4.41. The number of para-hydroxylation sites is 1. The molecule has 0 fully saturated rings. The van der Waals surface area contributed by atoms with Crippen molar-refractivity contribution in [3.63, 3.8) is 0 Å². The molecule has 1 aliphatic carbocycles. The van der Waals surface area contributed by atoms with Crippen molar-refractivity contribution < 1.29 is 23.0 Å². The smallest absolute Gasteiger partial charge is 0.387 e. The summed E-state index contributed by atoms with van der Waals surface area (Å²) < 4.78 is 45.7. The minimum absolute atomic E-state index is 0.0543. The van der Waals surface area contributed by atoms with Gasteiger partial charge in [0.25, 0.3) is 0 Å². The number of hydrogen-bond donors (Lipinski definition) is 1. The van der Waals surface area contributed by atoms with Gasteiger partial charge in [-0.3, -0.25) is 0 Å². The summed E-state index contributed by atoms with van der Waals surface area (Å²) in [6, 6.07) is 7.73. The molecule has 1 aliphatic rings. The van der Waals surface area contributed by atoms with Crippen LogP contribution < -0.4 is 4.74 Å². The third-order valence-electron chi connectivity index (χ3n) is 4.35. The molecule has 0 spiro atoms. The van der Waals surface area contributed by atoms with Crippen molar-refractivity contribution in [1.82, 2.24) is 9.38 Å². The van der Waals surface area contributed by atoms with Gasteiger partial charge in [-0.05, 0) is 28.4 Å². The molecule has 2 aromatic heterocycles. The van der Waals surface area contributed by atoms with Gasteiger partial charge in [-0.2, -0.15) is 8.78 Å². The molecule has 4 rings (SSSR count). The maximum absolute atomic E-state index is 13.8. The van der Waals surface area contributed by atoms with E-state index in [2.05, 4.69) is 25.7 Å². The van der Waals surface area contributed by atoms with Gasteiger partial charge in [-0.15, -0.1) is 0 Å². The molecule has 1 aromatic carbocycles. The molecule has 25 heavy (non-hydrogen) atoms. The Morgan fingerprint density at radius 2 is 2.08 bits per heavy atom. The number of halogens is 4. The van der Waals surface area contributed by atoms with Gasteiger partial charge in [0.1, 0.15) is 17.2 Å². The average molecular weight is 413 g/mol. The van der Waals surface area contributed by atoms with E-state index in [9.17, 15) is 18.3 Å². The van der Waals surface area contributed by atoms with E-state index >= 15 is 0 Å². The van der Waals surface area contributed by atoms with E-state index in [4.69, 9.17) is 0 Å². The van der Waals surface area contributed by atoms with Crippen LogP contribution in [-0.2, 0) is 0 Å². The summed E-state index contributed by atoms with van der Waals surface area (Å²) in [5, 5.41) is 10.4. The number of fused-ring (bicyclic) bond motifs is 3. The Labute approximate surface area is 149 Å².